The highest BCUT2D eigenvalue weighted by atomic mass is 16.1. The van der Waals surface area contributed by atoms with E-state index in [0.29, 0.717) is 12.8 Å². The third kappa shape index (κ3) is 4.03. The second-order valence-corrected chi connectivity index (χ2v) is 7.03. The zero-order valence-corrected chi connectivity index (χ0v) is 15.6. The van der Waals surface area contributed by atoms with Crippen molar-refractivity contribution < 1.29 is 4.79 Å². The summed E-state index contributed by atoms with van der Waals surface area (Å²) in [5, 5.41) is 7.24. The van der Waals surface area contributed by atoms with Crippen molar-refractivity contribution in [1.29, 1.82) is 0 Å². The van der Waals surface area contributed by atoms with Crippen LogP contribution in [0.5, 0.6) is 0 Å². The highest BCUT2D eigenvalue weighted by Crippen LogP contribution is 2.30. The molecule has 5 nitrogen and oxygen atoms in total. The smallest absolute Gasteiger partial charge is 0.224 e. The maximum atomic E-state index is 12.4. The summed E-state index contributed by atoms with van der Waals surface area (Å²) in [5.41, 5.74) is 5.82. The van der Waals surface area contributed by atoms with Gasteiger partial charge in [0.25, 0.3) is 0 Å². The van der Waals surface area contributed by atoms with Crippen molar-refractivity contribution in [1.82, 2.24) is 9.78 Å². The number of fused-ring (bicyclic) bond motifs is 1. The summed E-state index contributed by atoms with van der Waals surface area (Å²) in [5.74, 6) is 0.0353. The molecular formula is C22H24N4O. The fourth-order valence-corrected chi connectivity index (χ4v) is 3.63. The lowest BCUT2D eigenvalue weighted by Crippen LogP contribution is -2.21. The molecule has 2 aromatic carbocycles. The Morgan fingerprint density at radius 2 is 1.96 bits per heavy atom. The maximum Gasteiger partial charge on any atom is 0.224 e. The zero-order chi connectivity index (χ0) is 18.6. The van der Waals surface area contributed by atoms with Gasteiger partial charge in [0, 0.05) is 44.1 Å². The molecule has 0 atom stereocenters. The van der Waals surface area contributed by atoms with Gasteiger partial charge in [-0.1, -0.05) is 36.4 Å². The first-order chi connectivity index (χ1) is 13.2. The van der Waals surface area contributed by atoms with Crippen molar-refractivity contribution in [3.05, 3.63) is 77.6 Å². The Hall–Kier alpha value is -3.08. The van der Waals surface area contributed by atoms with Gasteiger partial charge in [-0.05, 0) is 41.7 Å². The molecule has 0 aliphatic carbocycles. The number of rotatable bonds is 6. The van der Waals surface area contributed by atoms with Gasteiger partial charge in [0.2, 0.25) is 5.91 Å². The summed E-state index contributed by atoms with van der Waals surface area (Å²) in [6.07, 6.45) is 5.99. The summed E-state index contributed by atoms with van der Waals surface area (Å²) in [6, 6.07) is 16.6. The number of benzene rings is 2. The average molecular weight is 360 g/mol. The number of anilines is 2. The van der Waals surface area contributed by atoms with E-state index in [1.165, 1.54) is 11.3 Å². The molecule has 27 heavy (non-hydrogen) atoms. The quantitative estimate of drug-likeness (QED) is 0.731. The molecule has 1 aliphatic heterocycles. The minimum Gasteiger partial charge on any atom is -0.367 e. The van der Waals surface area contributed by atoms with Crippen LogP contribution in [0.2, 0.25) is 0 Å². The lowest BCUT2D eigenvalue weighted by Gasteiger charge is -2.21. The van der Waals surface area contributed by atoms with Crippen LogP contribution in [0.4, 0.5) is 11.4 Å². The lowest BCUT2D eigenvalue weighted by molar-refractivity contribution is -0.116. The third-order valence-electron chi connectivity index (χ3n) is 5.04. The van der Waals surface area contributed by atoms with Crippen molar-refractivity contribution in [2.24, 2.45) is 7.05 Å². The van der Waals surface area contributed by atoms with Crippen LogP contribution in [0.25, 0.3) is 0 Å². The largest absolute Gasteiger partial charge is 0.367 e. The number of hydrogen-bond donors (Lipinski definition) is 1. The van der Waals surface area contributed by atoms with Gasteiger partial charge in [0.05, 0.1) is 6.20 Å². The molecule has 138 valence electrons. The molecule has 1 amide bonds. The molecule has 3 aromatic rings. The molecular weight excluding hydrogens is 336 g/mol. The van der Waals surface area contributed by atoms with Gasteiger partial charge in [0.1, 0.15) is 0 Å². The number of aryl methyl sites for hydroxylation is 2. The molecule has 0 radical (unpaired) electrons. The Labute approximate surface area is 159 Å². The SMILES string of the molecule is Cn1cc(CCC(=O)Nc2ccccc2CN2CCc3ccccc32)cn1. The number of nitrogens with zero attached hydrogens (tertiary/aromatic N) is 3. The molecule has 5 heteroatoms. The predicted molar refractivity (Wildman–Crippen MR) is 108 cm³/mol. The first kappa shape index (κ1) is 17.3. The molecule has 4 rings (SSSR count). The summed E-state index contributed by atoms with van der Waals surface area (Å²) in [4.78, 5) is 14.8. The van der Waals surface area contributed by atoms with Crippen molar-refractivity contribution >= 4 is 17.3 Å². The molecule has 0 saturated carbocycles. The van der Waals surface area contributed by atoms with Crippen LogP contribution in [0, 0.1) is 0 Å². The van der Waals surface area contributed by atoms with Crippen LogP contribution < -0.4 is 10.2 Å². The average Bonchev–Trinajstić information content (AvgIpc) is 3.28. The van der Waals surface area contributed by atoms with Crippen molar-refractivity contribution in [3.63, 3.8) is 0 Å². The molecule has 1 aliphatic rings. The minimum absolute atomic E-state index is 0.0353. The van der Waals surface area contributed by atoms with Gasteiger partial charge in [-0.15, -0.1) is 0 Å². The van der Waals surface area contributed by atoms with Gasteiger partial charge in [0.15, 0.2) is 0 Å². The number of nitrogens with one attached hydrogen (secondary N) is 1. The molecule has 0 bridgehead atoms. The molecule has 0 unspecified atom stereocenters. The number of aromatic nitrogens is 2. The van der Waals surface area contributed by atoms with E-state index in [0.717, 1.165) is 36.3 Å². The van der Waals surface area contributed by atoms with Gasteiger partial charge in [-0.3, -0.25) is 9.48 Å². The lowest BCUT2D eigenvalue weighted by atomic mass is 10.1. The molecule has 1 aromatic heterocycles. The Kier molecular flexibility index (Phi) is 4.92. The first-order valence-electron chi connectivity index (χ1n) is 9.37. The number of carbonyl (C=O) groups excluding carboxylic acids is 1. The van der Waals surface area contributed by atoms with Gasteiger partial charge in [-0.2, -0.15) is 5.10 Å². The van der Waals surface area contributed by atoms with Gasteiger partial charge in [-0.25, -0.2) is 0 Å². The van der Waals surface area contributed by atoms with E-state index in [1.54, 1.807) is 4.68 Å². The van der Waals surface area contributed by atoms with Crippen molar-refractivity contribution in [2.45, 2.75) is 25.8 Å². The summed E-state index contributed by atoms with van der Waals surface area (Å²) in [7, 11) is 1.89. The van der Waals surface area contributed by atoms with E-state index < -0.39 is 0 Å². The molecule has 0 fully saturated rings. The van der Waals surface area contributed by atoms with Crippen LogP contribution in [0.15, 0.2) is 60.9 Å². The Morgan fingerprint density at radius 3 is 2.81 bits per heavy atom. The Morgan fingerprint density at radius 1 is 1.15 bits per heavy atom. The summed E-state index contributed by atoms with van der Waals surface area (Å²) < 4.78 is 1.76. The maximum absolute atomic E-state index is 12.4. The molecule has 2 heterocycles. The third-order valence-corrected chi connectivity index (χ3v) is 5.04. The van der Waals surface area contributed by atoms with E-state index in [4.69, 9.17) is 0 Å². The van der Waals surface area contributed by atoms with E-state index in [1.807, 2.05) is 37.6 Å². The molecule has 0 spiro atoms. The van der Waals surface area contributed by atoms with Gasteiger partial charge >= 0.3 is 0 Å². The normalized spacial score (nSPS) is 12.9. The van der Waals surface area contributed by atoms with Crippen LogP contribution in [0.3, 0.4) is 0 Å². The van der Waals surface area contributed by atoms with Crippen LogP contribution >= 0.6 is 0 Å². The second-order valence-electron chi connectivity index (χ2n) is 7.03. The van der Waals surface area contributed by atoms with E-state index in [9.17, 15) is 4.79 Å². The monoisotopic (exact) mass is 360 g/mol. The standard InChI is InChI=1S/C22H24N4O/c1-25-15-17(14-23-25)10-11-22(27)24-20-8-4-2-7-19(20)16-26-13-12-18-6-3-5-9-21(18)26/h2-9,14-15H,10-13,16H2,1H3,(H,24,27). The number of carbonyl (C=O) groups is 1. The zero-order valence-electron chi connectivity index (χ0n) is 15.6. The summed E-state index contributed by atoms with van der Waals surface area (Å²) in [6.45, 7) is 1.82. The Balaban J connectivity index is 1.41. The molecule has 0 saturated heterocycles. The van der Waals surface area contributed by atoms with E-state index in [2.05, 4.69) is 45.6 Å². The van der Waals surface area contributed by atoms with Crippen LogP contribution in [-0.4, -0.2) is 22.2 Å². The highest BCUT2D eigenvalue weighted by Gasteiger charge is 2.19. The predicted octanol–water partition coefficient (Wildman–Crippen LogP) is 3.55. The number of hydrogen-bond acceptors (Lipinski definition) is 3. The topological polar surface area (TPSA) is 50.2 Å². The van der Waals surface area contributed by atoms with Gasteiger partial charge < -0.3 is 10.2 Å². The first-order valence-corrected chi connectivity index (χ1v) is 9.37. The fraction of sp³-hybridized carbons (Fsp3) is 0.273. The Bertz CT molecular complexity index is 947. The van der Waals surface area contributed by atoms with Crippen LogP contribution in [-0.2, 0) is 31.2 Å². The van der Waals surface area contributed by atoms with E-state index in [-0.39, 0.29) is 5.91 Å². The minimum atomic E-state index is 0.0353. The summed E-state index contributed by atoms with van der Waals surface area (Å²) >= 11 is 0. The van der Waals surface area contributed by atoms with Crippen molar-refractivity contribution in [2.75, 3.05) is 16.8 Å². The number of para-hydroxylation sites is 2. The fourth-order valence-electron chi connectivity index (χ4n) is 3.63. The molecule has 1 N–H and O–H groups in total. The van der Waals surface area contributed by atoms with E-state index >= 15 is 0 Å². The van der Waals surface area contributed by atoms with Crippen molar-refractivity contribution in [3.8, 4) is 0 Å². The highest BCUT2D eigenvalue weighted by molar-refractivity contribution is 5.91. The second kappa shape index (κ2) is 7.66. The number of amides is 1. The van der Waals surface area contributed by atoms with Crippen LogP contribution in [0.1, 0.15) is 23.1 Å².